The molecular formula is C27H32. The maximum atomic E-state index is 2.43. The van der Waals surface area contributed by atoms with Gasteiger partial charge >= 0.3 is 0 Å². The van der Waals surface area contributed by atoms with Crippen LogP contribution in [0.2, 0.25) is 0 Å². The Hall–Kier alpha value is -2.08. The summed E-state index contributed by atoms with van der Waals surface area (Å²) in [7, 11) is 0. The maximum Gasteiger partial charge on any atom is -0.00525 e. The van der Waals surface area contributed by atoms with Crippen molar-refractivity contribution in [3.05, 3.63) is 80.9 Å². The number of benzene rings is 2. The highest BCUT2D eigenvalue weighted by Crippen LogP contribution is 2.32. The van der Waals surface area contributed by atoms with Crippen LogP contribution in [-0.2, 0) is 25.7 Å². The van der Waals surface area contributed by atoms with Crippen LogP contribution >= 0.6 is 0 Å². The predicted molar refractivity (Wildman–Crippen MR) is 118 cm³/mol. The maximum absolute atomic E-state index is 2.43. The molecule has 0 spiro atoms. The van der Waals surface area contributed by atoms with Crippen molar-refractivity contribution < 1.29 is 0 Å². The van der Waals surface area contributed by atoms with Gasteiger partial charge in [-0.25, -0.2) is 0 Å². The third-order valence-electron chi connectivity index (χ3n) is 6.31. The Kier molecular flexibility index (Phi) is 5.34. The predicted octanol–water partition coefficient (Wildman–Crippen LogP) is 7.20. The summed E-state index contributed by atoms with van der Waals surface area (Å²) in [4.78, 5) is 0. The van der Waals surface area contributed by atoms with E-state index in [-0.39, 0.29) is 0 Å². The fourth-order valence-electron chi connectivity index (χ4n) is 4.69. The van der Waals surface area contributed by atoms with Gasteiger partial charge in [-0.3, -0.25) is 0 Å². The highest BCUT2D eigenvalue weighted by Gasteiger charge is 2.17. The normalized spacial score (nSPS) is 15.0. The Morgan fingerprint density at radius 1 is 0.815 bits per heavy atom. The fourth-order valence-corrected chi connectivity index (χ4v) is 4.69. The second kappa shape index (κ2) is 7.89. The van der Waals surface area contributed by atoms with Crippen LogP contribution in [-0.4, -0.2) is 0 Å². The van der Waals surface area contributed by atoms with Crippen LogP contribution in [0.1, 0.15) is 73.4 Å². The second-order valence-electron chi connectivity index (χ2n) is 8.75. The molecule has 0 saturated heterocycles. The number of rotatable bonds is 7. The quantitative estimate of drug-likeness (QED) is 0.460. The number of hydrogen-bond acceptors (Lipinski definition) is 0. The average Bonchev–Trinajstić information content (AvgIpc) is 3.25. The van der Waals surface area contributed by atoms with Crippen LogP contribution in [0.15, 0.2) is 47.5 Å². The Labute approximate surface area is 165 Å². The number of allylic oxidation sites excluding steroid dienone is 2. The lowest BCUT2D eigenvalue weighted by molar-refractivity contribution is 0.674. The van der Waals surface area contributed by atoms with Crippen LogP contribution in [0, 0.1) is 5.92 Å². The third-order valence-corrected chi connectivity index (χ3v) is 6.31. The zero-order chi connectivity index (χ0) is 18.8. The second-order valence-corrected chi connectivity index (χ2v) is 8.75. The first-order valence-electron chi connectivity index (χ1n) is 10.7. The number of unbranched alkanes of at least 4 members (excludes halogenated alkanes) is 2. The summed E-state index contributed by atoms with van der Waals surface area (Å²) in [5, 5.41) is 0. The van der Waals surface area contributed by atoms with Crippen LogP contribution in [0.4, 0.5) is 0 Å². The van der Waals surface area contributed by atoms with E-state index in [1.807, 2.05) is 0 Å². The van der Waals surface area contributed by atoms with Gasteiger partial charge in [-0.05, 0) is 84.7 Å². The summed E-state index contributed by atoms with van der Waals surface area (Å²) in [5.41, 5.74) is 12.3. The summed E-state index contributed by atoms with van der Waals surface area (Å²) in [5.74, 6) is 0.663. The highest BCUT2D eigenvalue weighted by molar-refractivity contribution is 5.67. The van der Waals surface area contributed by atoms with Crippen LogP contribution in [0.5, 0.6) is 0 Å². The van der Waals surface area contributed by atoms with Crippen molar-refractivity contribution >= 4 is 12.2 Å². The van der Waals surface area contributed by atoms with E-state index in [0.29, 0.717) is 5.92 Å². The Balaban J connectivity index is 1.30. The highest BCUT2D eigenvalue weighted by atomic mass is 14.2. The molecule has 2 aliphatic rings. The first-order chi connectivity index (χ1) is 13.1. The van der Waals surface area contributed by atoms with E-state index in [2.05, 4.69) is 69.3 Å². The molecule has 0 fully saturated rings. The van der Waals surface area contributed by atoms with Crippen LogP contribution in [0.25, 0.3) is 12.2 Å². The zero-order valence-corrected chi connectivity index (χ0v) is 17.1. The summed E-state index contributed by atoms with van der Waals surface area (Å²) in [6.45, 7) is 6.88. The standard InChI is InChI=1S/C27H32/c1-19(2)25-17-24-14-8-12-22(27(24)18-25)10-6-4-5-9-21-11-7-13-23-15-20(3)16-26(21)23/h7-8,11-14,16-17,19H,4-6,9-10,15,18H2,1-3H3. The lowest BCUT2D eigenvalue weighted by atomic mass is 9.94. The molecule has 0 aliphatic heterocycles. The van der Waals surface area contributed by atoms with Gasteiger partial charge in [-0.2, -0.15) is 0 Å². The minimum Gasteiger partial charge on any atom is -0.0683 e. The van der Waals surface area contributed by atoms with Gasteiger partial charge in [-0.15, -0.1) is 0 Å². The van der Waals surface area contributed by atoms with Gasteiger partial charge in [0, 0.05) is 0 Å². The Morgan fingerprint density at radius 2 is 1.56 bits per heavy atom. The van der Waals surface area contributed by atoms with Crippen molar-refractivity contribution in [2.45, 2.75) is 65.7 Å². The van der Waals surface area contributed by atoms with E-state index in [1.165, 1.54) is 60.8 Å². The molecule has 2 aliphatic carbocycles. The molecule has 0 N–H and O–H groups in total. The van der Waals surface area contributed by atoms with E-state index in [9.17, 15) is 0 Å². The molecule has 27 heavy (non-hydrogen) atoms. The smallest absolute Gasteiger partial charge is 0.00525 e. The molecule has 0 nitrogen and oxygen atoms in total. The van der Waals surface area contributed by atoms with Gasteiger partial charge in [-0.1, -0.05) is 80.0 Å². The van der Waals surface area contributed by atoms with Crippen molar-refractivity contribution in [3.8, 4) is 0 Å². The molecule has 140 valence electrons. The molecule has 0 radical (unpaired) electrons. The van der Waals surface area contributed by atoms with E-state index in [4.69, 9.17) is 0 Å². The van der Waals surface area contributed by atoms with E-state index in [1.54, 1.807) is 22.3 Å². The summed E-state index contributed by atoms with van der Waals surface area (Å²) < 4.78 is 0. The molecule has 0 heterocycles. The Bertz CT molecular complexity index is 892. The molecule has 0 atom stereocenters. The summed E-state index contributed by atoms with van der Waals surface area (Å²) in [6.07, 6.45) is 13.5. The van der Waals surface area contributed by atoms with Gasteiger partial charge in [0.05, 0.1) is 0 Å². The van der Waals surface area contributed by atoms with E-state index < -0.39 is 0 Å². The zero-order valence-electron chi connectivity index (χ0n) is 17.1. The largest absolute Gasteiger partial charge is 0.0683 e. The van der Waals surface area contributed by atoms with E-state index in [0.717, 1.165) is 6.42 Å². The molecule has 0 amide bonds. The van der Waals surface area contributed by atoms with Crippen molar-refractivity contribution in [1.29, 1.82) is 0 Å². The lowest BCUT2D eigenvalue weighted by Gasteiger charge is -2.11. The van der Waals surface area contributed by atoms with E-state index >= 15 is 0 Å². The van der Waals surface area contributed by atoms with Gasteiger partial charge in [0.25, 0.3) is 0 Å². The average molecular weight is 357 g/mol. The molecule has 2 aromatic rings. The first-order valence-corrected chi connectivity index (χ1v) is 10.7. The molecule has 4 rings (SSSR count). The minimum absolute atomic E-state index is 0.663. The molecule has 0 saturated carbocycles. The van der Waals surface area contributed by atoms with Crippen molar-refractivity contribution in [3.63, 3.8) is 0 Å². The number of fused-ring (bicyclic) bond motifs is 2. The monoisotopic (exact) mass is 356 g/mol. The SMILES string of the molecule is CC1=Cc2c(CCCCCc3cccc4c3CC(C(C)C)=C4)cccc2C1. The fraction of sp³-hybridized carbons (Fsp3) is 0.407. The molecule has 0 heteroatoms. The molecule has 0 aromatic heterocycles. The number of aryl methyl sites for hydroxylation is 2. The summed E-state index contributed by atoms with van der Waals surface area (Å²) >= 11 is 0. The van der Waals surface area contributed by atoms with Gasteiger partial charge < -0.3 is 0 Å². The molecule has 0 bridgehead atoms. The van der Waals surface area contributed by atoms with Crippen LogP contribution in [0.3, 0.4) is 0 Å². The van der Waals surface area contributed by atoms with Crippen molar-refractivity contribution in [2.75, 3.05) is 0 Å². The summed E-state index contributed by atoms with van der Waals surface area (Å²) in [6, 6.07) is 13.8. The molecule has 2 aromatic carbocycles. The van der Waals surface area contributed by atoms with Gasteiger partial charge in [0.1, 0.15) is 0 Å². The third kappa shape index (κ3) is 3.95. The Morgan fingerprint density at radius 3 is 2.37 bits per heavy atom. The lowest BCUT2D eigenvalue weighted by Crippen LogP contribution is -1.98. The van der Waals surface area contributed by atoms with Crippen molar-refractivity contribution in [1.82, 2.24) is 0 Å². The molecular weight excluding hydrogens is 324 g/mol. The van der Waals surface area contributed by atoms with Gasteiger partial charge in [0.2, 0.25) is 0 Å². The number of hydrogen-bond donors (Lipinski definition) is 0. The van der Waals surface area contributed by atoms with Crippen molar-refractivity contribution in [2.24, 2.45) is 5.92 Å². The van der Waals surface area contributed by atoms with Gasteiger partial charge in [0.15, 0.2) is 0 Å². The minimum atomic E-state index is 0.663. The topological polar surface area (TPSA) is 0 Å². The molecule has 0 unspecified atom stereocenters. The van der Waals surface area contributed by atoms with Crippen LogP contribution < -0.4 is 0 Å². The first kappa shape index (κ1) is 18.3.